The maximum Gasteiger partial charge on any atom is 0.199 e. The average molecular weight is 443 g/mol. The molecule has 0 saturated carbocycles. The maximum absolute atomic E-state index is 14.0. The SMILES string of the molecule is C=C1CC/C=C(/C(=C)C)CC(S(=O)(=O)c2ccccc2)(S(=O)(=O)c2ccccc2)C1. The molecule has 0 unspecified atom stereocenters. The molecule has 0 fully saturated rings. The summed E-state index contributed by atoms with van der Waals surface area (Å²) in [6.45, 7) is 9.75. The van der Waals surface area contributed by atoms with Gasteiger partial charge in [-0.25, -0.2) is 16.8 Å². The zero-order valence-electron chi connectivity index (χ0n) is 17.0. The Bertz CT molecular complexity index is 1120. The average Bonchev–Trinajstić information content (AvgIpc) is 2.71. The number of sulfone groups is 2. The first-order valence-corrected chi connectivity index (χ1v) is 12.7. The van der Waals surface area contributed by atoms with Crippen LogP contribution in [0.1, 0.15) is 32.6 Å². The van der Waals surface area contributed by atoms with Gasteiger partial charge in [0.25, 0.3) is 0 Å². The molecule has 1 aliphatic rings. The van der Waals surface area contributed by atoms with Crippen molar-refractivity contribution in [2.75, 3.05) is 0 Å². The minimum atomic E-state index is -4.30. The lowest BCUT2D eigenvalue weighted by Gasteiger charge is -2.36. The fourth-order valence-corrected chi connectivity index (χ4v) is 8.93. The van der Waals surface area contributed by atoms with Gasteiger partial charge in [0, 0.05) is 12.8 Å². The van der Waals surface area contributed by atoms with Crippen LogP contribution in [0, 0.1) is 0 Å². The van der Waals surface area contributed by atoms with Gasteiger partial charge in [0.1, 0.15) is 0 Å². The topological polar surface area (TPSA) is 68.3 Å². The molecule has 0 spiro atoms. The van der Waals surface area contributed by atoms with E-state index in [1.807, 2.05) is 6.08 Å². The molecule has 0 aliphatic heterocycles. The Labute approximate surface area is 179 Å². The van der Waals surface area contributed by atoms with Crippen molar-refractivity contribution in [3.05, 3.63) is 96.6 Å². The molecule has 0 radical (unpaired) electrons. The van der Waals surface area contributed by atoms with Gasteiger partial charge in [-0.15, -0.1) is 0 Å². The number of rotatable bonds is 5. The van der Waals surface area contributed by atoms with Gasteiger partial charge in [0.05, 0.1) is 9.79 Å². The van der Waals surface area contributed by atoms with E-state index in [0.29, 0.717) is 29.6 Å². The van der Waals surface area contributed by atoms with Crippen LogP contribution in [0.4, 0.5) is 0 Å². The molecule has 3 rings (SSSR count). The molecular formula is C24H26O4S2. The Hall–Kier alpha value is -2.44. The molecule has 6 heteroatoms. The van der Waals surface area contributed by atoms with Gasteiger partial charge in [-0.1, -0.05) is 66.8 Å². The Morgan fingerprint density at radius 2 is 1.30 bits per heavy atom. The zero-order valence-corrected chi connectivity index (χ0v) is 18.7. The first-order valence-electron chi connectivity index (χ1n) is 9.73. The van der Waals surface area contributed by atoms with Crippen LogP contribution in [0.2, 0.25) is 0 Å². The molecule has 158 valence electrons. The van der Waals surface area contributed by atoms with Crippen LogP contribution in [0.15, 0.2) is 106 Å². The summed E-state index contributed by atoms with van der Waals surface area (Å²) in [6.07, 6.45) is 2.76. The largest absolute Gasteiger partial charge is 0.222 e. The van der Waals surface area contributed by atoms with Crippen LogP contribution in [0.25, 0.3) is 0 Å². The Morgan fingerprint density at radius 3 is 1.73 bits per heavy atom. The maximum atomic E-state index is 14.0. The second kappa shape index (κ2) is 8.36. The third kappa shape index (κ3) is 3.82. The molecule has 0 atom stereocenters. The molecule has 0 N–H and O–H groups in total. The summed E-state index contributed by atoms with van der Waals surface area (Å²) in [6, 6.07) is 15.6. The monoisotopic (exact) mass is 442 g/mol. The molecule has 1 aliphatic carbocycles. The molecule has 30 heavy (non-hydrogen) atoms. The van der Waals surface area contributed by atoms with Crippen LogP contribution in [0.3, 0.4) is 0 Å². The molecule has 2 aromatic rings. The van der Waals surface area contributed by atoms with E-state index in [2.05, 4.69) is 13.2 Å². The molecule has 0 aromatic heterocycles. The first kappa shape index (κ1) is 22.2. The van der Waals surface area contributed by atoms with E-state index in [1.54, 1.807) is 43.3 Å². The Kier molecular flexibility index (Phi) is 6.20. The van der Waals surface area contributed by atoms with Crippen LogP contribution >= 0.6 is 0 Å². The summed E-state index contributed by atoms with van der Waals surface area (Å²) in [7, 11) is -8.60. The predicted molar refractivity (Wildman–Crippen MR) is 120 cm³/mol. The highest BCUT2D eigenvalue weighted by atomic mass is 32.3. The lowest BCUT2D eigenvalue weighted by atomic mass is 9.93. The molecule has 0 amide bonds. The van der Waals surface area contributed by atoms with E-state index in [1.165, 1.54) is 24.3 Å². The summed E-state index contributed by atoms with van der Waals surface area (Å²) < 4.78 is 54.0. The highest BCUT2D eigenvalue weighted by Gasteiger charge is 2.56. The molecule has 2 aromatic carbocycles. The number of hydrogen-bond acceptors (Lipinski definition) is 4. The lowest BCUT2D eigenvalue weighted by Crippen LogP contribution is -2.47. The smallest absolute Gasteiger partial charge is 0.199 e. The van der Waals surface area contributed by atoms with Crippen molar-refractivity contribution >= 4 is 19.7 Å². The van der Waals surface area contributed by atoms with E-state index in [9.17, 15) is 16.8 Å². The van der Waals surface area contributed by atoms with E-state index >= 15 is 0 Å². The van der Waals surface area contributed by atoms with Crippen LogP contribution in [-0.4, -0.2) is 20.9 Å². The molecule has 0 heterocycles. The van der Waals surface area contributed by atoms with Crippen molar-refractivity contribution in [2.24, 2.45) is 0 Å². The summed E-state index contributed by atoms with van der Waals surface area (Å²) >= 11 is 0. The highest BCUT2D eigenvalue weighted by Crippen LogP contribution is 2.46. The second-order valence-corrected chi connectivity index (χ2v) is 12.5. The van der Waals surface area contributed by atoms with E-state index < -0.39 is 23.8 Å². The number of hydrogen-bond donors (Lipinski definition) is 0. The van der Waals surface area contributed by atoms with Gasteiger partial charge in [0.15, 0.2) is 23.8 Å². The minimum absolute atomic E-state index is 0.0149. The van der Waals surface area contributed by atoms with Gasteiger partial charge in [-0.2, -0.15) is 0 Å². The van der Waals surface area contributed by atoms with Gasteiger partial charge >= 0.3 is 0 Å². The third-order valence-electron chi connectivity index (χ3n) is 5.50. The number of allylic oxidation sites excluding steroid dienone is 4. The summed E-state index contributed by atoms with van der Waals surface area (Å²) in [5.74, 6) is 0. The quantitative estimate of drug-likeness (QED) is 0.592. The highest BCUT2D eigenvalue weighted by molar-refractivity contribution is 8.10. The van der Waals surface area contributed by atoms with Gasteiger partial charge in [-0.3, -0.25) is 0 Å². The zero-order chi connectivity index (χ0) is 22.0. The van der Waals surface area contributed by atoms with Gasteiger partial charge < -0.3 is 0 Å². The van der Waals surface area contributed by atoms with Crippen molar-refractivity contribution in [3.8, 4) is 0 Å². The summed E-state index contributed by atoms with van der Waals surface area (Å²) in [5.41, 5.74) is 1.92. The molecule has 0 saturated heterocycles. The van der Waals surface area contributed by atoms with Crippen LogP contribution in [-0.2, 0) is 19.7 Å². The fraction of sp³-hybridized carbons (Fsp3) is 0.250. The number of benzene rings is 2. The minimum Gasteiger partial charge on any atom is -0.222 e. The molecule has 4 nitrogen and oxygen atoms in total. The van der Waals surface area contributed by atoms with Crippen LogP contribution < -0.4 is 0 Å². The predicted octanol–water partition coefficient (Wildman–Crippen LogP) is 5.26. The van der Waals surface area contributed by atoms with Crippen molar-refractivity contribution < 1.29 is 16.8 Å². The van der Waals surface area contributed by atoms with Crippen molar-refractivity contribution in [2.45, 2.75) is 46.5 Å². The van der Waals surface area contributed by atoms with Crippen molar-refractivity contribution in [1.29, 1.82) is 0 Å². The fourth-order valence-electron chi connectivity index (χ4n) is 3.82. The first-order chi connectivity index (χ1) is 14.1. The van der Waals surface area contributed by atoms with Crippen LogP contribution in [0.5, 0.6) is 0 Å². The molecular weight excluding hydrogens is 416 g/mol. The van der Waals surface area contributed by atoms with Crippen molar-refractivity contribution in [3.63, 3.8) is 0 Å². The Morgan fingerprint density at radius 1 is 0.833 bits per heavy atom. The lowest BCUT2D eigenvalue weighted by molar-refractivity contribution is 0.526. The standard InChI is InChI=1S/C24H26O4S2/c1-19(2)21-12-10-11-20(3)17-24(18-21,29(25,26)22-13-6-4-7-14-22)30(27,28)23-15-8-5-9-16-23/h4-9,12-16H,1,3,10-11,17-18H2,2H3/b21-12+. The summed E-state index contributed by atoms with van der Waals surface area (Å²) in [5, 5.41) is 0. The van der Waals surface area contributed by atoms with Gasteiger partial charge in [0.2, 0.25) is 0 Å². The van der Waals surface area contributed by atoms with E-state index in [0.717, 1.165) is 0 Å². The molecule has 0 bridgehead atoms. The normalized spacial score (nSPS) is 19.2. The second-order valence-electron chi connectivity index (χ2n) is 7.70. The van der Waals surface area contributed by atoms with Crippen molar-refractivity contribution in [1.82, 2.24) is 0 Å². The third-order valence-corrected chi connectivity index (χ3v) is 11.1. The van der Waals surface area contributed by atoms with Gasteiger partial charge in [-0.05, 0) is 49.6 Å². The summed E-state index contributed by atoms with van der Waals surface area (Å²) in [4.78, 5) is -0.0297. The van der Waals surface area contributed by atoms with E-state index in [-0.39, 0.29) is 22.6 Å². The Balaban J connectivity index is 2.39. The van der Waals surface area contributed by atoms with E-state index in [4.69, 9.17) is 0 Å².